The van der Waals surface area contributed by atoms with Crippen LogP contribution in [0.15, 0.2) is 90.6 Å². The van der Waals surface area contributed by atoms with E-state index in [-0.39, 0.29) is 17.5 Å². The molecule has 0 spiro atoms. The molecule has 0 saturated carbocycles. The third-order valence-corrected chi connectivity index (χ3v) is 4.79. The zero-order chi connectivity index (χ0) is 22.1. The summed E-state index contributed by atoms with van der Waals surface area (Å²) in [5, 5.41) is 5.68. The third kappa shape index (κ3) is 6.57. The molecular weight excluding hydrogens is 386 g/mol. The Morgan fingerprint density at radius 1 is 0.839 bits per heavy atom. The van der Waals surface area contributed by atoms with Gasteiger partial charge in [0.2, 0.25) is 0 Å². The number of anilines is 1. The van der Waals surface area contributed by atoms with Gasteiger partial charge >= 0.3 is 0 Å². The Morgan fingerprint density at radius 2 is 1.45 bits per heavy atom. The highest BCUT2D eigenvalue weighted by Crippen LogP contribution is 2.14. The first-order valence-corrected chi connectivity index (χ1v) is 10.2. The molecule has 3 aromatic carbocycles. The second-order valence-corrected chi connectivity index (χ2v) is 7.36. The van der Waals surface area contributed by atoms with Crippen LogP contribution in [0.3, 0.4) is 0 Å². The number of nitrogens with zero attached hydrogens (tertiary/aromatic N) is 1. The summed E-state index contributed by atoms with van der Waals surface area (Å²) in [6.07, 6.45) is 2.40. The lowest BCUT2D eigenvalue weighted by atomic mass is 10.1. The number of nitrogens with one attached hydrogen (secondary N) is 2. The van der Waals surface area contributed by atoms with E-state index in [4.69, 9.17) is 0 Å². The molecule has 0 aromatic heterocycles. The van der Waals surface area contributed by atoms with Gasteiger partial charge in [-0.05, 0) is 47.9 Å². The first-order chi connectivity index (χ1) is 15.0. The van der Waals surface area contributed by atoms with Gasteiger partial charge in [-0.25, -0.2) is 0 Å². The largest absolute Gasteiger partial charge is 0.378 e. The molecule has 0 unspecified atom stereocenters. The first-order valence-electron chi connectivity index (χ1n) is 10.2. The zero-order valence-electron chi connectivity index (χ0n) is 17.8. The number of rotatable bonds is 8. The van der Waals surface area contributed by atoms with Crippen molar-refractivity contribution in [3.8, 4) is 0 Å². The van der Waals surface area contributed by atoms with Crippen LogP contribution in [0.1, 0.15) is 21.5 Å². The van der Waals surface area contributed by atoms with Gasteiger partial charge in [-0.1, -0.05) is 60.7 Å². The Hall–Kier alpha value is -3.86. The standard InChI is InChI=1S/C26H27N3O2/c1-29(2)23-15-13-21(14-16-23)19-24(28-25(30)22-11-7-4-8-12-22)26(31)27-18-17-20-9-5-3-6-10-20/h3-16,19H,17-18H2,1-2H3,(H,27,31)(H,28,30). The topological polar surface area (TPSA) is 61.4 Å². The van der Waals surface area contributed by atoms with E-state index in [9.17, 15) is 9.59 Å². The lowest BCUT2D eigenvalue weighted by Crippen LogP contribution is -2.35. The fourth-order valence-electron chi connectivity index (χ4n) is 3.04. The minimum absolute atomic E-state index is 0.208. The summed E-state index contributed by atoms with van der Waals surface area (Å²) in [6.45, 7) is 0.473. The molecule has 5 heteroatoms. The van der Waals surface area contributed by atoms with Crippen LogP contribution in [-0.2, 0) is 11.2 Å². The summed E-state index contributed by atoms with van der Waals surface area (Å²) in [5.41, 5.74) is 3.72. The highest BCUT2D eigenvalue weighted by Gasteiger charge is 2.14. The van der Waals surface area contributed by atoms with Crippen LogP contribution >= 0.6 is 0 Å². The van der Waals surface area contributed by atoms with Crippen molar-refractivity contribution in [1.82, 2.24) is 10.6 Å². The van der Waals surface area contributed by atoms with Crippen LogP contribution < -0.4 is 15.5 Å². The van der Waals surface area contributed by atoms with Crippen LogP contribution in [0.25, 0.3) is 6.08 Å². The first kappa shape index (κ1) is 21.8. The predicted molar refractivity (Wildman–Crippen MR) is 126 cm³/mol. The van der Waals surface area contributed by atoms with Crippen LogP contribution in [-0.4, -0.2) is 32.5 Å². The molecule has 0 fully saturated rings. The average Bonchev–Trinajstić information content (AvgIpc) is 2.80. The summed E-state index contributed by atoms with van der Waals surface area (Å²) >= 11 is 0. The van der Waals surface area contributed by atoms with Crippen molar-refractivity contribution in [1.29, 1.82) is 0 Å². The normalized spacial score (nSPS) is 11.0. The summed E-state index contributed by atoms with van der Waals surface area (Å²) in [6, 6.07) is 26.6. The minimum Gasteiger partial charge on any atom is -0.378 e. The van der Waals surface area contributed by atoms with E-state index in [1.165, 1.54) is 0 Å². The molecule has 0 aliphatic heterocycles. The van der Waals surface area contributed by atoms with E-state index >= 15 is 0 Å². The molecular formula is C26H27N3O2. The fraction of sp³-hybridized carbons (Fsp3) is 0.154. The van der Waals surface area contributed by atoms with Crippen molar-refractivity contribution in [2.75, 3.05) is 25.5 Å². The molecule has 158 valence electrons. The average molecular weight is 414 g/mol. The minimum atomic E-state index is -0.324. The lowest BCUT2D eigenvalue weighted by molar-refractivity contribution is -0.117. The SMILES string of the molecule is CN(C)c1ccc(C=C(NC(=O)c2ccccc2)C(=O)NCCc2ccccc2)cc1. The van der Waals surface area contributed by atoms with Gasteiger partial charge < -0.3 is 15.5 Å². The van der Waals surface area contributed by atoms with Gasteiger partial charge in [0.05, 0.1) is 0 Å². The molecule has 3 rings (SSSR count). The highest BCUT2D eigenvalue weighted by atomic mass is 16.2. The Bertz CT molecular complexity index is 1030. The van der Waals surface area contributed by atoms with Crippen molar-refractivity contribution in [3.05, 3.63) is 107 Å². The monoisotopic (exact) mass is 413 g/mol. The van der Waals surface area contributed by atoms with E-state index in [0.717, 1.165) is 16.8 Å². The van der Waals surface area contributed by atoms with Crippen molar-refractivity contribution in [2.24, 2.45) is 0 Å². The second-order valence-electron chi connectivity index (χ2n) is 7.36. The third-order valence-electron chi connectivity index (χ3n) is 4.79. The summed E-state index contributed by atoms with van der Waals surface area (Å²) in [4.78, 5) is 27.5. The van der Waals surface area contributed by atoms with Crippen molar-refractivity contribution < 1.29 is 9.59 Å². The number of carbonyl (C=O) groups excluding carboxylic acids is 2. The van der Waals surface area contributed by atoms with Crippen LogP contribution in [0.5, 0.6) is 0 Å². The van der Waals surface area contributed by atoms with E-state index in [0.29, 0.717) is 18.5 Å². The van der Waals surface area contributed by atoms with E-state index in [1.54, 1.807) is 30.3 Å². The molecule has 0 atom stereocenters. The predicted octanol–water partition coefficient (Wildman–Crippen LogP) is 3.88. The van der Waals surface area contributed by atoms with Gasteiger partial charge in [0.25, 0.3) is 11.8 Å². The van der Waals surface area contributed by atoms with E-state index in [1.807, 2.05) is 79.7 Å². The lowest BCUT2D eigenvalue weighted by Gasteiger charge is -2.13. The maximum atomic E-state index is 12.9. The molecule has 0 saturated heterocycles. The van der Waals surface area contributed by atoms with Crippen molar-refractivity contribution in [2.45, 2.75) is 6.42 Å². The molecule has 2 amide bonds. The molecule has 0 aliphatic rings. The van der Waals surface area contributed by atoms with E-state index in [2.05, 4.69) is 10.6 Å². The molecule has 5 nitrogen and oxygen atoms in total. The van der Waals surface area contributed by atoms with Crippen molar-refractivity contribution >= 4 is 23.6 Å². The van der Waals surface area contributed by atoms with Crippen LogP contribution in [0.2, 0.25) is 0 Å². The maximum absolute atomic E-state index is 12.9. The molecule has 0 bridgehead atoms. The van der Waals surface area contributed by atoms with E-state index < -0.39 is 0 Å². The number of benzene rings is 3. The molecule has 0 radical (unpaired) electrons. The molecule has 2 N–H and O–H groups in total. The molecule has 3 aromatic rings. The number of amides is 2. The Kier molecular flexibility index (Phi) is 7.60. The van der Waals surface area contributed by atoms with Gasteiger partial charge in [0.15, 0.2) is 0 Å². The summed E-state index contributed by atoms with van der Waals surface area (Å²) in [5.74, 6) is -0.646. The van der Waals surface area contributed by atoms with Crippen LogP contribution in [0.4, 0.5) is 5.69 Å². The van der Waals surface area contributed by atoms with Gasteiger partial charge in [-0.15, -0.1) is 0 Å². The van der Waals surface area contributed by atoms with Gasteiger partial charge in [0.1, 0.15) is 5.70 Å². The number of carbonyl (C=O) groups is 2. The molecule has 0 aliphatic carbocycles. The maximum Gasteiger partial charge on any atom is 0.267 e. The van der Waals surface area contributed by atoms with Gasteiger partial charge in [0, 0.05) is 31.9 Å². The Labute approximate surface area is 183 Å². The van der Waals surface area contributed by atoms with Gasteiger partial charge in [-0.2, -0.15) is 0 Å². The highest BCUT2D eigenvalue weighted by molar-refractivity contribution is 6.05. The smallest absolute Gasteiger partial charge is 0.267 e. The van der Waals surface area contributed by atoms with Gasteiger partial charge in [-0.3, -0.25) is 9.59 Å². The number of hydrogen-bond donors (Lipinski definition) is 2. The zero-order valence-corrected chi connectivity index (χ0v) is 17.8. The Balaban J connectivity index is 1.75. The quantitative estimate of drug-likeness (QED) is 0.551. The fourth-order valence-corrected chi connectivity index (χ4v) is 3.04. The molecule has 31 heavy (non-hydrogen) atoms. The van der Waals surface area contributed by atoms with Crippen molar-refractivity contribution in [3.63, 3.8) is 0 Å². The summed E-state index contributed by atoms with van der Waals surface area (Å²) < 4.78 is 0. The second kappa shape index (κ2) is 10.8. The van der Waals surface area contributed by atoms with Crippen LogP contribution in [0, 0.1) is 0 Å². The molecule has 0 heterocycles. The number of hydrogen-bond acceptors (Lipinski definition) is 3. The summed E-state index contributed by atoms with van der Waals surface area (Å²) in [7, 11) is 3.94. The Morgan fingerprint density at radius 3 is 2.06 bits per heavy atom.